The first-order chi connectivity index (χ1) is 9.97. The summed E-state index contributed by atoms with van der Waals surface area (Å²) in [5.41, 5.74) is 1.48. The molecular weight excluding hydrogens is 266 g/mol. The minimum atomic E-state index is -0.554. The Kier molecular flexibility index (Phi) is 4.52. The van der Waals surface area contributed by atoms with E-state index in [2.05, 4.69) is 15.6 Å². The molecule has 110 valence electrons. The first-order valence-electron chi connectivity index (χ1n) is 6.90. The SMILES string of the molecule is CC(=O)N[C@@H](C(=O)Nc1ccc2cccnc2c1)C(C)C. The normalized spacial score (nSPS) is 12.2. The lowest BCUT2D eigenvalue weighted by Crippen LogP contribution is -2.46. The maximum atomic E-state index is 12.3. The van der Waals surface area contributed by atoms with Crippen LogP contribution < -0.4 is 10.6 Å². The Morgan fingerprint density at radius 3 is 2.62 bits per heavy atom. The molecule has 0 unspecified atom stereocenters. The van der Waals surface area contributed by atoms with Gasteiger partial charge in [0.05, 0.1) is 5.52 Å². The molecule has 5 nitrogen and oxygen atoms in total. The van der Waals surface area contributed by atoms with E-state index in [4.69, 9.17) is 0 Å². The van der Waals surface area contributed by atoms with Gasteiger partial charge < -0.3 is 10.6 Å². The second-order valence-corrected chi connectivity index (χ2v) is 5.32. The lowest BCUT2D eigenvalue weighted by molar-refractivity contribution is -0.126. The van der Waals surface area contributed by atoms with E-state index in [1.807, 2.05) is 44.2 Å². The van der Waals surface area contributed by atoms with Crippen LogP contribution in [-0.4, -0.2) is 22.8 Å². The van der Waals surface area contributed by atoms with Crippen molar-refractivity contribution in [3.05, 3.63) is 36.5 Å². The van der Waals surface area contributed by atoms with Gasteiger partial charge in [0.1, 0.15) is 6.04 Å². The summed E-state index contributed by atoms with van der Waals surface area (Å²) in [6.45, 7) is 5.19. The van der Waals surface area contributed by atoms with Gasteiger partial charge in [0.15, 0.2) is 0 Å². The molecule has 21 heavy (non-hydrogen) atoms. The van der Waals surface area contributed by atoms with Gasteiger partial charge in [-0.25, -0.2) is 0 Å². The Balaban J connectivity index is 2.17. The number of amides is 2. The zero-order valence-electron chi connectivity index (χ0n) is 12.4. The van der Waals surface area contributed by atoms with Gasteiger partial charge >= 0.3 is 0 Å². The number of carbonyl (C=O) groups is 2. The Bertz CT molecular complexity index is 667. The monoisotopic (exact) mass is 285 g/mol. The topological polar surface area (TPSA) is 71.1 Å². The van der Waals surface area contributed by atoms with E-state index in [1.54, 1.807) is 6.20 Å². The van der Waals surface area contributed by atoms with Gasteiger partial charge in [-0.2, -0.15) is 0 Å². The number of anilines is 1. The summed E-state index contributed by atoms with van der Waals surface area (Å²) in [5, 5.41) is 6.51. The number of fused-ring (bicyclic) bond motifs is 1. The molecule has 0 spiro atoms. The summed E-state index contributed by atoms with van der Waals surface area (Å²) in [6.07, 6.45) is 1.71. The summed E-state index contributed by atoms with van der Waals surface area (Å²) in [7, 11) is 0. The Hall–Kier alpha value is -2.43. The van der Waals surface area contributed by atoms with Crippen molar-refractivity contribution in [2.75, 3.05) is 5.32 Å². The summed E-state index contributed by atoms with van der Waals surface area (Å²) < 4.78 is 0. The molecule has 2 N–H and O–H groups in total. The highest BCUT2D eigenvalue weighted by molar-refractivity contribution is 5.98. The molecule has 1 atom stereocenters. The third kappa shape index (κ3) is 3.78. The summed E-state index contributed by atoms with van der Waals surface area (Å²) in [6, 6.07) is 8.82. The smallest absolute Gasteiger partial charge is 0.247 e. The van der Waals surface area contributed by atoms with E-state index in [1.165, 1.54) is 6.92 Å². The van der Waals surface area contributed by atoms with Crippen molar-refractivity contribution in [3.8, 4) is 0 Å². The van der Waals surface area contributed by atoms with E-state index in [-0.39, 0.29) is 17.7 Å². The van der Waals surface area contributed by atoms with E-state index in [0.717, 1.165) is 10.9 Å². The van der Waals surface area contributed by atoms with Crippen LogP contribution in [0.2, 0.25) is 0 Å². The molecule has 0 aliphatic carbocycles. The summed E-state index contributed by atoms with van der Waals surface area (Å²) >= 11 is 0. The maximum absolute atomic E-state index is 12.3. The molecule has 0 saturated heterocycles. The Labute approximate surface area is 123 Å². The maximum Gasteiger partial charge on any atom is 0.247 e. The number of nitrogens with one attached hydrogen (secondary N) is 2. The fraction of sp³-hybridized carbons (Fsp3) is 0.312. The molecule has 2 aromatic rings. The molecule has 1 heterocycles. The standard InChI is InChI=1S/C16H19N3O2/c1-10(2)15(18-11(3)20)16(21)19-13-7-6-12-5-4-8-17-14(12)9-13/h4-10,15H,1-3H3,(H,18,20)(H,19,21)/t15-/m1/s1. The minimum absolute atomic E-state index is 0.00693. The van der Waals surface area contributed by atoms with Crippen LogP contribution in [0.25, 0.3) is 10.9 Å². The van der Waals surface area contributed by atoms with Gasteiger partial charge in [-0.15, -0.1) is 0 Å². The summed E-state index contributed by atoms with van der Waals surface area (Å²) in [4.78, 5) is 27.7. The Morgan fingerprint density at radius 1 is 1.19 bits per heavy atom. The molecule has 0 bridgehead atoms. The average Bonchev–Trinajstić information content (AvgIpc) is 2.44. The molecule has 2 rings (SSSR count). The predicted molar refractivity (Wildman–Crippen MR) is 82.8 cm³/mol. The van der Waals surface area contributed by atoms with Crippen LogP contribution in [-0.2, 0) is 9.59 Å². The number of carbonyl (C=O) groups excluding carboxylic acids is 2. The minimum Gasteiger partial charge on any atom is -0.344 e. The van der Waals surface area contributed by atoms with Crippen molar-refractivity contribution in [3.63, 3.8) is 0 Å². The average molecular weight is 285 g/mol. The zero-order chi connectivity index (χ0) is 15.4. The second-order valence-electron chi connectivity index (χ2n) is 5.32. The number of aromatic nitrogens is 1. The van der Waals surface area contributed by atoms with E-state index < -0.39 is 6.04 Å². The second kappa shape index (κ2) is 6.35. The molecule has 0 aliphatic heterocycles. The quantitative estimate of drug-likeness (QED) is 0.905. The molecule has 2 amide bonds. The van der Waals surface area contributed by atoms with Crippen LogP contribution in [0, 0.1) is 5.92 Å². The van der Waals surface area contributed by atoms with Crippen LogP contribution in [0.3, 0.4) is 0 Å². The van der Waals surface area contributed by atoms with Crippen molar-refractivity contribution < 1.29 is 9.59 Å². The Morgan fingerprint density at radius 2 is 1.95 bits per heavy atom. The van der Waals surface area contributed by atoms with E-state index >= 15 is 0 Å². The highest BCUT2D eigenvalue weighted by Crippen LogP contribution is 2.17. The van der Waals surface area contributed by atoms with Gasteiger partial charge in [-0.05, 0) is 24.1 Å². The van der Waals surface area contributed by atoms with Gasteiger partial charge in [-0.3, -0.25) is 14.6 Å². The molecule has 0 aliphatic rings. The number of benzene rings is 1. The van der Waals surface area contributed by atoms with Gasteiger partial charge in [0.25, 0.3) is 0 Å². The molecule has 5 heteroatoms. The predicted octanol–water partition coefficient (Wildman–Crippen LogP) is 2.33. The van der Waals surface area contributed by atoms with E-state index in [0.29, 0.717) is 5.69 Å². The van der Waals surface area contributed by atoms with Gasteiger partial charge in [0, 0.05) is 24.2 Å². The largest absolute Gasteiger partial charge is 0.344 e. The van der Waals surface area contributed by atoms with E-state index in [9.17, 15) is 9.59 Å². The molecule has 1 aromatic carbocycles. The zero-order valence-corrected chi connectivity index (χ0v) is 12.4. The molecule has 1 aromatic heterocycles. The van der Waals surface area contributed by atoms with Crippen LogP contribution >= 0.6 is 0 Å². The van der Waals surface area contributed by atoms with Crippen LogP contribution in [0.15, 0.2) is 36.5 Å². The van der Waals surface area contributed by atoms with Crippen molar-refractivity contribution in [1.82, 2.24) is 10.3 Å². The third-order valence-corrected chi connectivity index (χ3v) is 3.18. The van der Waals surface area contributed by atoms with Crippen molar-refractivity contribution in [1.29, 1.82) is 0 Å². The fourth-order valence-electron chi connectivity index (χ4n) is 2.12. The molecule has 0 fully saturated rings. The number of nitrogens with zero attached hydrogens (tertiary/aromatic N) is 1. The van der Waals surface area contributed by atoms with Crippen molar-refractivity contribution in [2.45, 2.75) is 26.8 Å². The highest BCUT2D eigenvalue weighted by Gasteiger charge is 2.22. The number of rotatable bonds is 4. The first kappa shape index (κ1) is 15.0. The molecule has 0 radical (unpaired) electrons. The van der Waals surface area contributed by atoms with Crippen molar-refractivity contribution >= 4 is 28.4 Å². The van der Waals surface area contributed by atoms with Gasteiger partial charge in [0.2, 0.25) is 11.8 Å². The molecule has 0 saturated carbocycles. The summed E-state index contributed by atoms with van der Waals surface area (Å²) in [5.74, 6) is -0.438. The number of pyridine rings is 1. The van der Waals surface area contributed by atoms with Gasteiger partial charge in [-0.1, -0.05) is 26.0 Å². The van der Waals surface area contributed by atoms with Crippen LogP contribution in [0.1, 0.15) is 20.8 Å². The van der Waals surface area contributed by atoms with Crippen LogP contribution in [0.4, 0.5) is 5.69 Å². The number of hydrogen-bond acceptors (Lipinski definition) is 3. The first-order valence-corrected chi connectivity index (χ1v) is 6.90. The third-order valence-electron chi connectivity index (χ3n) is 3.18. The fourth-order valence-corrected chi connectivity index (χ4v) is 2.12. The number of hydrogen-bond donors (Lipinski definition) is 2. The molecular formula is C16H19N3O2. The van der Waals surface area contributed by atoms with Crippen molar-refractivity contribution in [2.24, 2.45) is 5.92 Å². The lowest BCUT2D eigenvalue weighted by atomic mass is 10.0. The van der Waals surface area contributed by atoms with Crippen LogP contribution in [0.5, 0.6) is 0 Å². The lowest BCUT2D eigenvalue weighted by Gasteiger charge is -2.21. The highest BCUT2D eigenvalue weighted by atomic mass is 16.2.